The Morgan fingerprint density at radius 2 is 1.85 bits per heavy atom. The lowest BCUT2D eigenvalue weighted by Gasteiger charge is -2.33. The fourth-order valence-electron chi connectivity index (χ4n) is 4.30. The van der Waals surface area contributed by atoms with E-state index >= 15 is 0 Å². The Morgan fingerprint density at radius 3 is 2.65 bits per heavy atom. The van der Waals surface area contributed by atoms with Gasteiger partial charge in [-0.1, -0.05) is 37.5 Å². The summed E-state index contributed by atoms with van der Waals surface area (Å²) >= 11 is 0. The molecular weight excluding hydrogens is 326 g/mol. The molecule has 4 rings (SSSR count). The van der Waals surface area contributed by atoms with Gasteiger partial charge in [0.25, 0.3) is 5.91 Å². The average molecular weight is 353 g/mol. The molecule has 2 N–H and O–H groups in total. The lowest BCUT2D eigenvalue weighted by molar-refractivity contribution is -0.127. The fourth-order valence-corrected chi connectivity index (χ4v) is 4.30. The first kappa shape index (κ1) is 17.1. The van der Waals surface area contributed by atoms with Crippen molar-refractivity contribution in [2.75, 3.05) is 13.1 Å². The van der Waals surface area contributed by atoms with Gasteiger partial charge in [-0.15, -0.1) is 0 Å². The molecule has 0 bridgehead atoms. The van der Waals surface area contributed by atoms with Gasteiger partial charge >= 0.3 is 0 Å². The van der Waals surface area contributed by atoms with Crippen molar-refractivity contribution in [3.05, 3.63) is 36.0 Å². The molecule has 1 saturated carbocycles. The zero-order valence-electron chi connectivity index (χ0n) is 15.2. The minimum absolute atomic E-state index is 0.00336. The number of carbonyl (C=O) groups is 2. The summed E-state index contributed by atoms with van der Waals surface area (Å²) in [6, 6.07) is 10.1. The molecule has 0 spiro atoms. The minimum atomic E-state index is -0.0843. The van der Waals surface area contributed by atoms with Gasteiger partial charge in [0.1, 0.15) is 5.69 Å². The molecule has 0 radical (unpaired) electrons. The number of piperidine rings is 1. The molecule has 5 heteroatoms. The lowest BCUT2D eigenvalue weighted by Crippen LogP contribution is -2.48. The Balaban J connectivity index is 1.40. The number of rotatable bonds is 3. The summed E-state index contributed by atoms with van der Waals surface area (Å²) in [5.41, 5.74) is 1.58. The van der Waals surface area contributed by atoms with Crippen LogP contribution in [0, 0.1) is 5.92 Å². The van der Waals surface area contributed by atoms with Gasteiger partial charge in [0.2, 0.25) is 5.91 Å². The van der Waals surface area contributed by atoms with Gasteiger partial charge in [0.05, 0.1) is 5.92 Å². The predicted molar refractivity (Wildman–Crippen MR) is 102 cm³/mol. The maximum atomic E-state index is 12.9. The van der Waals surface area contributed by atoms with Crippen molar-refractivity contribution in [3.8, 4) is 0 Å². The summed E-state index contributed by atoms with van der Waals surface area (Å²) in [6.45, 7) is 1.24. The molecule has 2 aromatic rings. The number of H-pyrrole nitrogens is 1. The first-order valence-corrected chi connectivity index (χ1v) is 9.88. The minimum Gasteiger partial charge on any atom is -0.353 e. The molecule has 1 aliphatic carbocycles. The molecule has 1 aromatic carbocycles. The number of fused-ring (bicyclic) bond motifs is 1. The summed E-state index contributed by atoms with van der Waals surface area (Å²) in [7, 11) is 0. The fraction of sp³-hybridized carbons (Fsp3) is 0.524. The first-order valence-electron chi connectivity index (χ1n) is 9.88. The Bertz CT molecular complexity index is 758. The number of hydrogen-bond donors (Lipinski definition) is 2. The molecule has 2 heterocycles. The van der Waals surface area contributed by atoms with Crippen LogP contribution in [0.2, 0.25) is 0 Å². The number of benzene rings is 1. The van der Waals surface area contributed by atoms with E-state index in [0.29, 0.717) is 18.3 Å². The molecule has 2 aliphatic rings. The second-order valence-electron chi connectivity index (χ2n) is 7.70. The summed E-state index contributed by atoms with van der Waals surface area (Å²) < 4.78 is 0. The third kappa shape index (κ3) is 3.62. The van der Waals surface area contributed by atoms with Crippen LogP contribution in [0.25, 0.3) is 10.9 Å². The molecule has 2 fully saturated rings. The molecule has 1 aromatic heterocycles. The van der Waals surface area contributed by atoms with Crippen molar-refractivity contribution >= 4 is 22.7 Å². The van der Waals surface area contributed by atoms with E-state index in [9.17, 15) is 9.59 Å². The van der Waals surface area contributed by atoms with E-state index in [1.165, 1.54) is 19.3 Å². The normalized spacial score (nSPS) is 21.7. The van der Waals surface area contributed by atoms with Crippen molar-refractivity contribution in [2.45, 2.75) is 51.0 Å². The van der Waals surface area contributed by atoms with Crippen LogP contribution in [0.1, 0.15) is 55.4 Å². The summed E-state index contributed by atoms with van der Waals surface area (Å²) in [5, 5.41) is 4.27. The van der Waals surface area contributed by atoms with Gasteiger partial charge < -0.3 is 15.2 Å². The standard InChI is InChI=1S/C21H27N3O2/c25-20(22-17-9-2-1-3-10-17)16-8-6-12-24(14-16)21(26)19-13-15-7-4-5-11-18(15)23-19/h4-5,7,11,13,16-17,23H,1-3,6,8-10,12,14H2,(H,22,25). The van der Waals surface area contributed by atoms with Crippen molar-refractivity contribution in [1.82, 2.24) is 15.2 Å². The van der Waals surface area contributed by atoms with E-state index in [-0.39, 0.29) is 17.7 Å². The van der Waals surface area contributed by atoms with Crippen LogP contribution in [-0.4, -0.2) is 40.8 Å². The number of para-hydroxylation sites is 1. The molecule has 1 aliphatic heterocycles. The molecule has 1 unspecified atom stereocenters. The number of hydrogen-bond acceptors (Lipinski definition) is 2. The van der Waals surface area contributed by atoms with E-state index in [1.54, 1.807) is 0 Å². The first-order chi connectivity index (χ1) is 12.7. The van der Waals surface area contributed by atoms with Gasteiger partial charge in [-0.05, 0) is 37.8 Å². The zero-order chi connectivity index (χ0) is 17.9. The molecule has 26 heavy (non-hydrogen) atoms. The van der Waals surface area contributed by atoms with Crippen LogP contribution >= 0.6 is 0 Å². The molecule has 5 nitrogen and oxygen atoms in total. The van der Waals surface area contributed by atoms with E-state index in [0.717, 1.165) is 43.1 Å². The van der Waals surface area contributed by atoms with Crippen LogP contribution in [0.5, 0.6) is 0 Å². The van der Waals surface area contributed by atoms with Crippen molar-refractivity contribution in [3.63, 3.8) is 0 Å². The van der Waals surface area contributed by atoms with Gasteiger partial charge in [-0.2, -0.15) is 0 Å². The van der Waals surface area contributed by atoms with Gasteiger partial charge in [0, 0.05) is 30.0 Å². The van der Waals surface area contributed by atoms with Gasteiger partial charge in [-0.25, -0.2) is 0 Å². The van der Waals surface area contributed by atoms with Gasteiger partial charge in [0.15, 0.2) is 0 Å². The maximum absolute atomic E-state index is 12.9. The Labute approximate surface area is 154 Å². The molecule has 2 amide bonds. The SMILES string of the molecule is O=C(NC1CCCCC1)C1CCCN(C(=O)c2cc3ccccc3[nH]2)C1. The second-order valence-corrected chi connectivity index (χ2v) is 7.70. The Kier molecular flexibility index (Phi) is 4.96. The predicted octanol–water partition coefficient (Wildman–Crippen LogP) is 3.47. The van der Waals surface area contributed by atoms with Crippen LogP contribution in [0.3, 0.4) is 0 Å². The van der Waals surface area contributed by atoms with E-state index in [4.69, 9.17) is 0 Å². The van der Waals surface area contributed by atoms with E-state index in [1.807, 2.05) is 35.2 Å². The van der Waals surface area contributed by atoms with Crippen LogP contribution in [0.4, 0.5) is 0 Å². The Morgan fingerprint density at radius 1 is 1.04 bits per heavy atom. The van der Waals surface area contributed by atoms with Crippen LogP contribution in [0.15, 0.2) is 30.3 Å². The summed E-state index contributed by atoms with van der Waals surface area (Å²) in [5.74, 6) is 0.0430. The van der Waals surface area contributed by atoms with Crippen molar-refractivity contribution < 1.29 is 9.59 Å². The number of aromatic nitrogens is 1. The number of aromatic amines is 1. The van der Waals surface area contributed by atoms with Crippen molar-refractivity contribution in [2.24, 2.45) is 5.92 Å². The van der Waals surface area contributed by atoms with E-state index in [2.05, 4.69) is 10.3 Å². The van der Waals surface area contributed by atoms with E-state index < -0.39 is 0 Å². The molecule has 1 saturated heterocycles. The van der Waals surface area contributed by atoms with Crippen LogP contribution < -0.4 is 5.32 Å². The largest absolute Gasteiger partial charge is 0.353 e. The number of nitrogens with zero attached hydrogens (tertiary/aromatic N) is 1. The quantitative estimate of drug-likeness (QED) is 0.887. The average Bonchev–Trinajstić information content (AvgIpc) is 3.12. The number of amides is 2. The molecule has 138 valence electrons. The third-order valence-corrected chi connectivity index (χ3v) is 5.79. The highest BCUT2D eigenvalue weighted by molar-refractivity contribution is 5.98. The highest BCUT2D eigenvalue weighted by Gasteiger charge is 2.30. The highest BCUT2D eigenvalue weighted by Crippen LogP contribution is 2.23. The summed E-state index contributed by atoms with van der Waals surface area (Å²) in [4.78, 5) is 30.6. The molecular formula is C21H27N3O2. The number of nitrogens with one attached hydrogen (secondary N) is 2. The van der Waals surface area contributed by atoms with Gasteiger partial charge in [-0.3, -0.25) is 9.59 Å². The van der Waals surface area contributed by atoms with Crippen molar-refractivity contribution in [1.29, 1.82) is 0 Å². The monoisotopic (exact) mass is 353 g/mol. The number of carbonyl (C=O) groups excluding carboxylic acids is 2. The zero-order valence-corrected chi connectivity index (χ0v) is 15.2. The number of likely N-dealkylation sites (tertiary alicyclic amines) is 1. The molecule has 1 atom stereocenters. The second kappa shape index (κ2) is 7.52. The van der Waals surface area contributed by atoms with Crippen LogP contribution in [-0.2, 0) is 4.79 Å². The smallest absolute Gasteiger partial charge is 0.270 e. The summed E-state index contributed by atoms with van der Waals surface area (Å²) in [6.07, 6.45) is 7.64. The third-order valence-electron chi connectivity index (χ3n) is 5.79. The lowest BCUT2D eigenvalue weighted by atomic mass is 9.93. The maximum Gasteiger partial charge on any atom is 0.270 e. The highest BCUT2D eigenvalue weighted by atomic mass is 16.2. The topological polar surface area (TPSA) is 65.2 Å². The Hall–Kier alpha value is -2.30.